The lowest BCUT2D eigenvalue weighted by Gasteiger charge is -2.19. The van der Waals surface area contributed by atoms with Crippen LogP contribution < -0.4 is 0 Å². The van der Waals surface area contributed by atoms with Crippen LogP contribution in [0.15, 0.2) is 0 Å². The van der Waals surface area contributed by atoms with Gasteiger partial charge in [-0.2, -0.15) is 0 Å². The van der Waals surface area contributed by atoms with E-state index in [1.54, 1.807) is 0 Å². The molecular weight excluding hydrogens is 96.1 g/mol. The standard InChI is InChI=1S/C8H16/c1-7(2)6-8(3,4)5/h6-7H,3H2,1-2,4-5H3. The van der Waals surface area contributed by atoms with Gasteiger partial charge >= 0.3 is 0 Å². The SMILES string of the molecule is [CH2]C(C)(C)[CH]C(C)C. The molecule has 0 aliphatic rings. The summed E-state index contributed by atoms with van der Waals surface area (Å²) in [4.78, 5) is 0. The molecule has 2 radical (unpaired) electrons. The third-order valence-corrected chi connectivity index (χ3v) is 0.785. The molecule has 0 aromatic rings. The summed E-state index contributed by atoms with van der Waals surface area (Å²) in [5.41, 5.74) is 0.147. The number of rotatable bonds is 2. The van der Waals surface area contributed by atoms with E-state index in [0.717, 1.165) is 0 Å². The Bertz CT molecular complexity index is 54.9. The van der Waals surface area contributed by atoms with Gasteiger partial charge in [0.05, 0.1) is 0 Å². The molecule has 0 fully saturated rings. The molecule has 0 atom stereocenters. The fourth-order valence-corrected chi connectivity index (χ4v) is 0.902. The molecule has 48 valence electrons. The van der Waals surface area contributed by atoms with Crippen LogP contribution in [0.25, 0.3) is 0 Å². The molecule has 0 nitrogen and oxygen atoms in total. The summed E-state index contributed by atoms with van der Waals surface area (Å²) in [7, 11) is 0. The van der Waals surface area contributed by atoms with Gasteiger partial charge in [-0.3, -0.25) is 0 Å². The second kappa shape index (κ2) is 2.52. The van der Waals surface area contributed by atoms with Crippen LogP contribution in [0.2, 0.25) is 0 Å². The highest BCUT2D eigenvalue weighted by molar-refractivity contribution is 4.88. The first-order chi connectivity index (χ1) is 3.42. The summed E-state index contributed by atoms with van der Waals surface area (Å²) >= 11 is 0. The third kappa shape index (κ3) is 6.00. The molecule has 0 heteroatoms. The molecule has 0 rings (SSSR count). The van der Waals surface area contributed by atoms with E-state index >= 15 is 0 Å². The summed E-state index contributed by atoms with van der Waals surface area (Å²) in [6, 6.07) is 0. The monoisotopic (exact) mass is 112 g/mol. The third-order valence-electron chi connectivity index (χ3n) is 0.785. The van der Waals surface area contributed by atoms with Crippen molar-refractivity contribution in [3.63, 3.8) is 0 Å². The first-order valence-electron chi connectivity index (χ1n) is 3.13. The molecule has 0 aliphatic carbocycles. The van der Waals surface area contributed by atoms with Gasteiger partial charge in [-0.1, -0.05) is 27.7 Å². The first kappa shape index (κ1) is 8.00. The van der Waals surface area contributed by atoms with Crippen molar-refractivity contribution in [3.05, 3.63) is 13.3 Å². The minimum absolute atomic E-state index is 0.147. The van der Waals surface area contributed by atoms with Crippen molar-refractivity contribution in [1.82, 2.24) is 0 Å². The molecule has 0 aromatic heterocycles. The maximum absolute atomic E-state index is 3.96. The average Bonchev–Trinajstić information content (AvgIpc) is 1.21. The van der Waals surface area contributed by atoms with Gasteiger partial charge in [0, 0.05) is 0 Å². The average molecular weight is 112 g/mol. The molecule has 0 spiro atoms. The Morgan fingerprint density at radius 2 is 1.75 bits per heavy atom. The van der Waals surface area contributed by atoms with E-state index in [2.05, 4.69) is 41.0 Å². The van der Waals surface area contributed by atoms with Gasteiger partial charge in [0.25, 0.3) is 0 Å². The molecule has 0 N–H and O–H groups in total. The van der Waals surface area contributed by atoms with Crippen LogP contribution in [0.5, 0.6) is 0 Å². The maximum atomic E-state index is 3.96. The van der Waals surface area contributed by atoms with Crippen molar-refractivity contribution in [2.45, 2.75) is 27.7 Å². The van der Waals surface area contributed by atoms with E-state index in [0.29, 0.717) is 5.92 Å². The maximum Gasteiger partial charge on any atom is -0.0304 e. The summed E-state index contributed by atoms with van der Waals surface area (Å²) in [5.74, 6) is 0.655. The molecule has 0 heterocycles. The van der Waals surface area contributed by atoms with Crippen molar-refractivity contribution < 1.29 is 0 Å². The Morgan fingerprint density at radius 1 is 1.38 bits per heavy atom. The summed E-state index contributed by atoms with van der Waals surface area (Å²) in [6.45, 7) is 12.5. The van der Waals surface area contributed by atoms with Crippen molar-refractivity contribution in [3.8, 4) is 0 Å². The van der Waals surface area contributed by atoms with Gasteiger partial charge in [0.1, 0.15) is 0 Å². The minimum Gasteiger partial charge on any atom is -0.0625 e. The smallest absolute Gasteiger partial charge is 0.0304 e. The predicted octanol–water partition coefficient (Wildman–Crippen LogP) is 2.71. The lowest BCUT2D eigenvalue weighted by molar-refractivity contribution is 0.491. The highest BCUT2D eigenvalue weighted by atomic mass is 14.2. The van der Waals surface area contributed by atoms with E-state index in [9.17, 15) is 0 Å². The summed E-state index contributed by atoms with van der Waals surface area (Å²) < 4.78 is 0. The fourth-order valence-electron chi connectivity index (χ4n) is 0.902. The van der Waals surface area contributed by atoms with E-state index in [1.807, 2.05) is 0 Å². The molecule has 0 unspecified atom stereocenters. The Kier molecular flexibility index (Phi) is 2.52. The number of hydrogen-bond donors (Lipinski definition) is 0. The van der Waals surface area contributed by atoms with Crippen molar-refractivity contribution in [2.75, 3.05) is 0 Å². The zero-order chi connectivity index (χ0) is 6.78. The highest BCUT2D eigenvalue weighted by Gasteiger charge is 2.11. The molecule has 0 bridgehead atoms. The quantitative estimate of drug-likeness (QED) is 0.515. The lowest BCUT2D eigenvalue weighted by Crippen LogP contribution is -2.09. The van der Waals surface area contributed by atoms with Gasteiger partial charge in [-0.25, -0.2) is 0 Å². The summed E-state index contributed by atoms with van der Waals surface area (Å²) in [5, 5.41) is 0. The normalized spacial score (nSPS) is 12.8. The Hall–Kier alpha value is 0. The van der Waals surface area contributed by atoms with Crippen LogP contribution in [0, 0.1) is 24.7 Å². The van der Waals surface area contributed by atoms with Crippen LogP contribution in [-0.4, -0.2) is 0 Å². The first-order valence-corrected chi connectivity index (χ1v) is 3.13. The van der Waals surface area contributed by atoms with Gasteiger partial charge < -0.3 is 0 Å². The van der Waals surface area contributed by atoms with Crippen molar-refractivity contribution in [1.29, 1.82) is 0 Å². The van der Waals surface area contributed by atoms with E-state index in [-0.39, 0.29) is 5.41 Å². The molecular formula is C8H16. The van der Waals surface area contributed by atoms with Crippen LogP contribution in [0.4, 0.5) is 0 Å². The fraction of sp³-hybridized carbons (Fsp3) is 0.750. The minimum atomic E-state index is 0.147. The lowest BCUT2D eigenvalue weighted by atomic mass is 9.86. The van der Waals surface area contributed by atoms with Crippen molar-refractivity contribution in [2.24, 2.45) is 11.3 Å². The zero-order valence-electron chi connectivity index (χ0n) is 6.36. The molecule has 0 aromatic carbocycles. The van der Waals surface area contributed by atoms with Gasteiger partial charge in [-0.05, 0) is 24.7 Å². The van der Waals surface area contributed by atoms with Gasteiger partial charge in [-0.15, -0.1) is 0 Å². The molecule has 0 saturated carbocycles. The highest BCUT2D eigenvalue weighted by Crippen LogP contribution is 2.21. The summed E-state index contributed by atoms with van der Waals surface area (Å²) in [6.07, 6.45) is 2.24. The van der Waals surface area contributed by atoms with Crippen LogP contribution in [0.1, 0.15) is 27.7 Å². The van der Waals surface area contributed by atoms with Crippen molar-refractivity contribution >= 4 is 0 Å². The Balaban J connectivity index is 3.39. The zero-order valence-corrected chi connectivity index (χ0v) is 6.36. The van der Waals surface area contributed by atoms with Gasteiger partial charge in [0.15, 0.2) is 0 Å². The Morgan fingerprint density at radius 3 is 1.75 bits per heavy atom. The second-order valence-corrected chi connectivity index (χ2v) is 3.40. The number of hydrogen-bond acceptors (Lipinski definition) is 0. The molecule has 0 amide bonds. The largest absolute Gasteiger partial charge is 0.0625 e. The Labute approximate surface area is 53.3 Å². The molecule has 0 saturated heterocycles. The molecule has 0 aliphatic heterocycles. The predicted molar refractivity (Wildman–Crippen MR) is 38.3 cm³/mol. The topological polar surface area (TPSA) is 0 Å². The van der Waals surface area contributed by atoms with E-state index in [1.165, 1.54) is 0 Å². The van der Waals surface area contributed by atoms with E-state index in [4.69, 9.17) is 0 Å². The second-order valence-electron chi connectivity index (χ2n) is 3.40. The van der Waals surface area contributed by atoms with Crippen LogP contribution in [0.3, 0.4) is 0 Å². The van der Waals surface area contributed by atoms with E-state index < -0.39 is 0 Å². The van der Waals surface area contributed by atoms with Crippen LogP contribution in [-0.2, 0) is 0 Å². The van der Waals surface area contributed by atoms with Gasteiger partial charge in [0.2, 0.25) is 0 Å². The van der Waals surface area contributed by atoms with Crippen LogP contribution >= 0.6 is 0 Å². The molecule has 8 heavy (non-hydrogen) atoms.